The van der Waals surface area contributed by atoms with E-state index in [-0.39, 0.29) is 6.10 Å². The van der Waals surface area contributed by atoms with E-state index in [4.69, 9.17) is 20.9 Å². The highest BCUT2D eigenvalue weighted by molar-refractivity contribution is 5.88. The van der Waals surface area contributed by atoms with Crippen molar-refractivity contribution in [3.05, 3.63) is 60.3 Å². The number of pyridine rings is 1. The van der Waals surface area contributed by atoms with Crippen molar-refractivity contribution in [2.75, 3.05) is 30.7 Å². The van der Waals surface area contributed by atoms with Gasteiger partial charge < -0.3 is 25.6 Å². The molecule has 0 spiro atoms. The number of nitrogens with zero attached hydrogens (tertiary/aromatic N) is 4. The van der Waals surface area contributed by atoms with E-state index in [1.807, 2.05) is 47.3 Å². The van der Waals surface area contributed by atoms with E-state index in [2.05, 4.69) is 40.9 Å². The SMILES string of the molecule is CC1CN(C2(C)C#CC=C(Nc3cc(-c4ccc(C=N)c(N)c4)cn4ccnc34)N=C2)CCO1. The van der Waals surface area contributed by atoms with Gasteiger partial charge in [-0.2, -0.15) is 0 Å². The van der Waals surface area contributed by atoms with E-state index >= 15 is 0 Å². The van der Waals surface area contributed by atoms with Crippen LogP contribution in [0, 0.1) is 17.3 Å². The zero-order chi connectivity index (χ0) is 23.7. The zero-order valence-corrected chi connectivity index (χ0v) is 19.2. The lowest BCUT2D eigenvalue weighted by atomic mass is 10.0. The van der Waals surface area contributed by atoms with Crippen molar-refractivity contribution in [3.8, 4) is 23.0 Å². The number of morpholine rings is 1. The highest BCUT2D eigenvalue weighted by Crippen LogP contribution is 2.29. The van der Waals surface area contributed by atoms with Crippen molar-refractivity contribution in [2.24, 2.45) is 4.99 Å². The average Bonchev–Trinajstić information content (AvgIpc) is 3.23. The molecule has 3 aromatic rings. The lowest BCUT2D eigenvalue weighted by Crippen LogP contribution is -2.54. The highest BCUT2D eigenvalue weighted by Gasteiger charge is 2.32. The molecule has 0 bridgehead atoms. The minimum absolute atomic E-state index is 0.174. The van der Waals surface area contributed by atoms with E-state index in [9.17, 15) is 0 Å². The van der Waals surface area contributed by atoms with Gasteiger partial charge in [-0.3, -0.25) is 4.90 Å². The van der Waals surface area contributed by atoms with Gasteiger partial charge in [0.1, 0.15) is 11.4 Å². The van der Waals surface area contributed by atoms with Crippen LogP contribution < -0.4 is 11.1 Å². The lowest BCUT2D eigenvalue weighted by Gasteiger charge is -2.39. The number of allylic oxidation sites excluding steroid dienone is 1. The molecule has 2 aromatic heterocycles. The summed E-state index contributed by atoms with van der Waals surface area (Å²) in [5.41, 5.74) is 10.4. The summed E-state index contributed by atoms with van der Waals surface area (Å²) < 4.78 is 7.65. The second-order valence-electron chi connectivity index (χ2n) is 8.75. The second-order valence-corrected chi connectivity index (χ2v) is 8.75. The average molecular weight is 454 g/mol. The van der Waals surface area contributed by atoms with Crippen molar-refractivity contribution in [1.29, 1.82) is 5.41 Å². The number of nitrogens with one attached hydrogen (secondary N) is 2. The third-order valence-electron chi connectivity index (χ3n) is 6.21. The van der Waals surface area contributed by atoms with Crippen LogP contribution in [-0.4, -0.2) is 58.1 Å². The largest absolute Gasteiger partial charge is 0.398 e. The minimum atomic E-state index is -0.462. The van der Waals surface area contributed by atoms with Gasteiger partial charge in [-0.05, 0) is 31.5 Å². The summed E-state index contributed by atoms with van der Waals surface area (Å²) in [5.74, 6) is 7.18. The van der Waals surface area contributed by atoms with Gasteiger partial charge in [-0.15, -0.1) is 0 Å². The first-order valence-electron chi connectivity index (χ1n) is 11.2. The van der Waals surface area contributed by atoms with E-state index < -0.39 is 5.54 Å². The number of rotatable bonds is 5. The molecule has 0 saturated carbocycles. The molecule has 1 saturated heterocycles. The van der Waals surface area contributed by atoms with Crippen LogP contribution in [0.4, 0.5) is 11.4 Å². The maximum atomic E-state index is 7.48. The summed E-state index contributed by atoms with van der Waals surface area (Å²) in [6.45, 7) is 6.50. The first kappa shape index (κ1) is 21.9. The van der Waals surface area contributed by atoms with Gasteiger partial charge in [0, 0.05) is 67.0 Å². The van der Waals surface area contributed by atoms with Crippen LogP contribution >= 0.6 is 0 Å². The molecule has 8 nitrogen and oxygen atoms in total. The number of nitrogens with two attached hydrogens (primary N) is 1. The fourth-order valence-electron chi connectivity index (χ4n) is 4.29. The molecule has 2 aliphatic rings. The van der Waals surface area contributed by atoms with Gasteiger partial charge in [-0.1, -0.05) is 24.0 Å². The van der Waals surface area contributed by atoms with Gasteiger partial charge in [-0.25, -0.2) is 9.98 Å². The Bertz CT molecular complexity index is 1380. The molecule has 34 heavy (non-hydrogen) atoms. The number of nitrogen functional groups attached to an aromatic ring is 1. The number of fused-ring (bicyclic) bond motifs is 1. The van der Waals surface area contributed by atoms with Crippen molar-refractivity contribution < 1.29 is 4.74 Å². The van der Waals surface area contributed by atoms with E-state index in [0.717, 1.165) is 35.6 Å². The van der Waals surface area contributed by atoms with E-state index in [0.29, 0.717) is 23.7 Å². The van der Waals surface area contributed by atoms with E-state index in [1.165, 1.54) is 6.21 Å². The first-order valence-corrected chi connectivity index (χ1v) is 11.2. The number of imidazole rings is 1. The van der Waals surface area contributed by atoms with Crippen molar-refractivity contribution in [2.45, 2.75) is 25.5 Å². The predicted octanol–water partition coefficient (Wildman–Crippen LogP) is 3.40. The Morgan fingerprint density at radius 2 is 2.21 bits per heavy atom. The summed E-state index contributed by atoms with van der Waals surface area (Å²) in [7, 11) is 0. The third kappa shape index (κ3) is 4.19. The molecule has 0 amide bonds. The normalized spacial score (nSPS) is 22.5. The van der Waals surface area contributed by atoms with Crippen LogP contribution in [0.2, 0.25) is 0 Å². The number of hydrogen-bond acceptors (Lipinski definition) is 7. The van der Waals surface area contributed by atoms with Crippen LogP contribution in [0.1, 0.15) is 19.4 Å². The van der Waals surface area contributed by atoms with E-state index in [1.54, 1.807) is 12.3 Å². The summed E-state index contributed by atoms with van der Waals surface area (Å²) in [5, 5.41) is 10.9. The van der Waals surface area contributed by atoms with Gasteiger partial charge >= 0.3 is 0 Å². The number of aliphatic imine (C=N–C) groups is 1. The van der Waals surface area contributed by atoms with Crippen LogP contribution in [0.3, 0.4) is 0 Å². The minimum Gasteiger partial charge on any atom is -0.398 e. The molecule has 1 aromatic carbocycles. The number of anilines is 2. The van der Waals surface area contributed by atoms with Crippen LogP contribution in [0.25, 0.3) is 16.8 Å². The Balaban J connectivity index is 1.45. The molecule has 0 aliphatic carbocycles. The molecule has 1 fully saturated rings. The molecule has 5 rings (SSSR count). The first-order chi connectivity index (χ1) is 16.4. The Hall–Kier alpha value is -3.93. The molecule has 2 atom stereocenters. The molecular weight excluding hydrogens is 426 g/mol. The predicted molar refractivity (Wildman–Crippen MR) is 136 cm³/mol. The molecule has 172 valence electrons. The molecule has 2 aliphatic heterocycles. The maximum Gasteiger partial charge on any atom is 0.160 e. The fourth-order valence-corrected chi connectivity index (χ4v) is 4.29. The summed E-state index contributed by atoms with van der Waals surface area (Å²) in [4.78, 5) is 11.6. The topological polar surface area (TPSA) is 104 Å². The molecule has 4 heterocycles. The maximum absolute atomic E-state index is 7.48. The Labute approximate surface area is 198 Å². The number of ether oxygens (including phenoxy) is 1. The smallest absolute Gasteiger partial charge is 0.160 e. The lowest BCUT2D eigenvalue weighted by molar-refractivity contribution is -0.0319. The van der Waals surface area contributed by atoms with Gasteiger partial charge in [0.2, 0.25) is 0 Å². The number of hydrogen-bond donors (Lipinski definition) is 3. The Kier molecular flexibility index (Phi) is 5.65. The molecule has 4 N–H and O–H groups in total. The van der Waals surface area contributed by atoms with Crippen LogP contribution in [0.5, 0.6) is 0 Å². The molecule has 2 unspecified atom stereocenters. The standard InChI is InChI=1S/C26H27N7O/c1-18-15-33(10-11-34-18)26(2)7-3-4-24(30-17-26)31-23-13-21(16-32-9-8-29-25(23)32)19-5-6-20(14-27)22(28)12-19/h4-6,8-9,12-14,16-18,27,31H,10-11,15,28H2,1-2H3. The summed E-state index contributed by atoms with van der Waals surface area (Å²) in [6, 6.07) is 7.72. The monoisotopic (exact) mass is 453 g/mol. The summed E-state index contributed by atoms with van der Waals surface area (Å²) in [6.07, 6.45) is 10.8. The molecule has 8 heteroatoms. The van der Waals surface area contributed by atoms with Crippen LogP contribution in [0.15, 0.2) is 59.7 Å². The Morgan fingerprint density at radius 3 is 3.00 bits per heavy atom. The molecule has 0 radical (unpaired) electrons. The Morgan fingerprint density at radius 1 is 1.32 bits per heavy atom. The van der Waals surface area contributed by atoms with Crippen molar-refractivity contribution in [3.63, 3.8) is 0 Å². The number of benzene rings is 1. The highest BCUT2D eigenvalue weighted by atomic mass is 16.5. The molecular formula is C26H27N7O. The van der Waals surface area contributed by atoms with Gasteiger partial charge in [0.05, 0.1) is 18.4 Å². The van der Waals surface area contributed by atoms with Crippen molar-refractivity contribution >= 4 is 29.5 Å². The third-order valence-corrected chi connectivity index (χ3v) is 6.21. The van der Waals surface area contributed by atoms with Gasteiger partial charge in [0.15, 0.2) is 5.65 Å². The van der Waals surface area contributed by atoms with Crippen LogP contribution in [-0.2, 0) is 4.74 Å². The fraction of sp³-hybridized carbons (Fsp3) is 0.269. The second kappa shape index (κ2) is 8.78. The van der Waals surface area contributed by atoms with Crippen molar-refractivity contribution in [1.82, 2.24) is 14.3 Å². The zero-order valence-electron chi connectivity index (χ0n) is 19.2. The number of aromatic nitrogens is 2. The quantitative estimate of drug-likeness (QED) is 0.312. The van der Waals surface area contributed by atoms with Gasteiger partial charge in [0.25, 0.3) is 0 Å². The summed E-state index contributed by atoms with van der Waals surface area (Å²) >= 11 is 0.